The second-order valence-corrected chi connectivity index (χ2v) is 8.58. The average molecular weight is 479 g/mol. The molecule has 2 aromatic rings. The molecule has 0 radical (unpaired) electrons. The fourth-order valence-corrected chi connectivity index (χ4v) is 4.54. The van der Waals surface area contributed by atoms with Crippen LogP contribution in [0.15, 0.2) is 41.3 Å². The molecule has 1 aliphatic heterocycles. The van der Waals surface area contributed by atoms with Crippen LogP contribution in [0.2, 0.25) is 0 Å². The molecule has 0 saturated carbocycles. The lowest BCUT2D eigenvalue weighted by atomic mass is 9.70. The molecule has 9 nitrogen and oxygen atoms in total. The van der Waals surface area contributed by atoms with E-state index in [1.807, 2.05) is 0 Å². The summed E-state index contributed by atoms with van der Waals surface area (Å²) < 4.78 is 16.4. The number of aromatic hydroxyl groups is 2. The zero-order chi connectivity index (χ0) is 25.8. The van der Waals surface area contributed by atoms with Gasteiger partial charge in [-0.3, -0.25) is 14.4 Å². The molecule has 0 fully saturated rings. The Bertz CT molecular complexity index is 1380. The molecule has 0 spiro atoms. The van der Waals surface area contributed by atoms with Crippen LogP contribution in [0.5, 0.6) is 28.7 Å². The van der Waals surface area contributed by atoms with Gasteiger partial charge >= 0.3 is 0 Å². The molecule has 2 aliphatic rings. The minimum Gasteiger partial charge on any atom is -0.507 e. The van der Waals surface area contributed by atoms with Crippen molar-refractivity contribution in [2.75, 3.05) is 19.5 Å². The Morgan fingerprint density at radius 1 is 1.09 bits per heavy atom. The molecule has 3 N–H and O–H groups in total. The normalized spacial score (nSPS) is 19.9. The predicted molar refractivity (Wildman–Crippen MR) is 126 cm³/mol. The van der Waals surface area contributed by atoms with E-state index in [4.69, 9.17) is 14.2 Å². The number of hydrogen-bond donors (Lipinski definition) is 3. The Hall–Kier alpha value is -4.27. The topological polar surface area (TPSA) is 131 Å². The highest BCUT2D eigenvalue weighted by atomic mass is 16.5. The smallest absolute Gasteiger partial charge is 0.194 e. The van der Waals surface area contributed by atoms with Gasteiger partial charge in [0.2, 0.25) is 0 Å². The number of Topliss-reactive ketones (excluding diaryl/α,β-unsaturated/α-hetero) is 2. The van der Waals surface area contributed by atoms with Crippen LogP contribution in [-0.2, 0) is 15.0 Å². The number of phenols is 2. The summed E-state index contributed by atoms with van der Waals surface area (Å²) in [6, 6.07) is 5.05. The summed E-state index contributed by atoms with van der Waals surface area (Å²) in [6.45, 7) is 5.76. The van der Waals surface area contributed by atoms with Crippen LogP contribution in [-0.4, -0.2) is 41.8 Å². The second kappa shape index (κ2) is 8.19. The Kier molecular flexibility index (Phi) is 5.59. The fourth-order valence-electron chi connectivity index (χ4n) is 4.54. The van der Waals surface area contributed by atoms with Gasteiger partial charge in [-0.1, -0.05) is 0 Å². The highest BCUT2D eigenvalue weighted by molar-refractivity contribution is 6.31. The number of allylic oxidation sites excluding steroid dienone is 4. The van der Waals surface area contributed by atoms with E-state index in [2.05, 4.69) is 5.32 Å². The molecule has 9 heteroatoms. The third-order valence-electron chi connectivity index (χ3n) is 6.49. The van der Waals surface area contributed by atoms with Crippen LogP contribution in [0, 0.1) is 6.92 Å². The summed E-state index contributed by atoms with van der Waals surface area (Å²) in [5.74, 6) is -1.71. The van der Waals surface area contributed by atoms with Gasteiger partial charge in [-0.05, 0) is 39.8 Å². The number of anilines is 1. The number of carbonyl (C=O) groups excluding carboxylic acids is 3. The predicted octanol–water partition coefficient (Wildman–Crippen LogP) is 3.70. The number of methoxy groups -OCH3 is 2. The van der Waals surface area contributed by atoms with Gasteiger partial charge in [0.15, 0.2) is 17.3 Å². The van der Waals surface area contributed by atoms with Gasteiger partial charge in [0.25, 0.3) is 0 Å². The van der Waals surface area contributed by atoms with Crippen LogP contribution >= 0.6 is 0 Å². The van der Waals surface area contributed by atoms with Crippen LogP contribution in [0.1, 0.15) is 42.3 Å². The zero-order valence-corrected chi connectivity index (χ0v) is 20.2. The number of phenolic OH excluding ortho intramolecular Hbond substituents is 2. The maximum Gasteiger partial charge on any atom is 0.194 e. The monoisotopic (exact) mass is 479 g/mol. The van der Waals surface area contributed by atoms with Gasteiger partial charge in [-0.15, -0.1) is 0 Å². The molecular weight excluding hydrogens is 454 g/mol. The van der Waals surface area contributed by atoms with E-state index in [1.54, 1.807) is 25.1 Å². The van der Waals surface area contributed by atoms with Gasteiger partial charge in [0, 0.05) is 23.4 Å². The van der Waals surface area contributed by atoms with E-state index in [9.17, 15) is 24.6 Å². The first-order valence-electron chi connectivity index (χ1n) is 10.8. The SMILES string of the molecule is COc1ccc(OC)c(NC(C)=C2C(=O)C=C3Oc4c(C(C)=O)c(O)c(C)c(O)c4[C@@]3(C)C2=O)c1. The highest BCUT2D eigenvalue weighted by Crippen LogP contribution is 2.57. The summed E-state index contributed by atoms with van der Waals surface area (Å²) in [5.41, 5.74) is -1.11. The van der Waals surface area contributed by atoms with Crippen molar-refractivity contribution in [2.45, 2.75) is 33.1 Å². The molecule has 0 unspecified atom stereocenters. The molecule has 1 aliphatic carbocycles. The van der Waals surface area contributed by atoms with Crippen molar-refractivity contribution in [3.05, 3.63) is 58.0 Å². The maximum absolute atomic E-state index is 13.9. The molecule has 0 amide bonds. The number of benzene rings is 2. The quantitative estimate of drug-likeness (QED) is 0.334. The van der Waals surface area contributed by atoms with Gasteiger partial charge in [0.05, 0.1) is 31.0 Å². The lowest BCUT2D eigenvalue weighted by molar-refractivity contribution is -0.123. The number of rotatable bonds is 5. The Morgan fingerprint density at radius 3 is 2.37 bits per heavy atom. The van der Waals surface area contributed by atoms with Crippen molar-refractivity contribution >= 4 is 23.0 Å². The molecule has 1 atom stereocenters. The lowest BCUT2D eigenvalue weighted by Crippen LogP contribution is -2.40. The lowest BCUT2D eigenvalue weighted by Gasteiger charge is -2.29. The van der Waals surface area contributed by atoms with Crippen molar-refractivity contribution < 1.29 is 38.8 Å². The number of fused-ring (bicyclic) bond motifs is 3. The van der Waals surface area contributed by atoms with Crippen LogP contribution in [0.3, 0.4) is 0 Å². The number of hydrogen-bond acceptors (Lipinski definition) is 9. The molecule has 0 aromatic heterocycles. The third-order valence-corrected chi connectivity index (χ3v) is 6.49. The zero-order valence-electron chi connectivity index (χ0n) is 20.2. The Labute approximate surface area is 201 Å². The van der Waals surface area contributed by atoms with E-state index in [0.717, 1.165) is 0 Å². The standard InChI is InChI=1S/C26H25NO8/c1-11-22(30)20(13(3)28)24-21(23(11)31)26(4)18(35-24)10-16(29)19(25(26)32)12(2)27-15-9-14(33-5)7-8-17(15)34-6/h7-10,27,30-31H,1-6H3/t26-/m0/s1. The number of ketones is 3. The molecule has 4 rings (SSSR count). The molecule has 1 heterocycles. The van der Waals surface area contributed by atoms with Crippen LogP contribution in [0.25, 0.3) is 0 Å². The first-order chi connectivity index (χ1) is 16.5. The van der Waals surface area contributed by atoms with Crippen molar-refractivity contribution in [1.82, 2.24) is 0 Å². The molecule has 182 valence electrons. The van der Waals surface area contributed by atoms with E-state index >= 15 is 0 Å². The van der Waals surface area contributed by atoms with Gasteiger partial charge < -0.3 is 29.7 Å². The molecule has 2 aromatic carbocycles. The summed E-state index contributed by atoms with van der Waals surface area (Å²) in [4.78, 5) is 39.3. The highest BCUT2D eigenvalue weighted by Gasteiger charge is 2.56. The van der Waals surface area contributed by atoms with E-state index in [1.165, 1.54) is 41.1 Å². The van der Waals surface area contributed by atoms with Crippen molar-refractivity contribution in [3.8, 4) is 28.7 Å². The average Bonchev–Trinajstić information content (AvgIpc) is 3.10. The summed E-state index contributed by atoms with van der Waals surface area (Å²) >= 11 is 0. The van der Waals surface area contributed by atoms with Crippen LogP contribution < -0.4 is 19.5 Å². The number of nitrogens with one attached hydrogen (secondary N) is 1. The molecule has 0 saturated heterocycles. The number of carbonyl (C=O) groups is 3. The second-order valence-electron chi connectivity index (χ2n) is 8.58. The van der Waals surface area contributed by atoms with Crippen LogP contribution in [0.4, 0.5) is 5.69 Å². The number of ether oxygens (including phenoxy) is 3. The molecular formula is C26H25NO8. The van der Waals surface area contributed by atoms with Gasteiger partial charge in [-0.25, -0.2) is 0 Å². The fraction of sp³-hybridized carbons (Fsp3) is 0.269. The first-order valence-corrected chi connectivity index (χ1v) is 10.8. The third kappa shape index (κ3) is 3.34. The van der Waals surface area contributed by atoms with E-state index in [0.29, 0.717) is 17.2 Å². The Morgan fingerprint density at radius 2 is 1.77 bits per heavy atom. The Balaban J connectivity index is 1.90. The van der Waals surface area contributed by atoms with Gasteiger partial charge in [0.1, 0.15) is 45.5 Å². The summed E-state index contributed by atoms with van der Waals surface area (Å²) in [7, 11) is 3.00. The molecule has 35 heavy (non-hydrogen) atoms. The summed E-state index contributed by atoms with van der Waals surface area (Å²) in [6.07, 6.45) is 1.17. The maximum atomic E-state index is 13.9. The largest absolute Gasteiger partial charge is 0.507 e. The minimum atomic E-state index is -1.59. The van der Waals surface area contributed by atoms with Gasteiger partial charge in [-0.2, -0.15) is 0 Å². The van der Waals surface area contributed by atoms with Crippen molar-refractivity contribution in [2.24, 2.45) is 0 Å². The minimum absolute atomic E-state index is 0.0270. The van der Waals surface area contributed by atoms with Crippen molar-refractivity contribution in [3.63, 3.8) is 0 Å². The molecule has 0 bridgehead atoms. The van der Waals surface area contributed by atoms with E-state index in [-0.39, 0.29) is 45.2 Å². The summed E-state index contributed by atoms with van der Waals surface area (Å²) in [5, 5.41) is 24.4. The van der Waals surface area contributed by atoms with E-state index < -0.39 is 28.5 Å². The first kappa shape index (κ1) is 23.9. The van der Waals surface area contributed by atoms with Crippen molar-refractivity contribution in [1.29, 1.82) is 0 Å².